The van der Waals surface area contributed by atoms with E-state index in [-0.39, 0.29) is 0 Å². The van der Waals surface area contributed by atoms with Gasteiger partial charge in [0.15, 0.2) is 0 Å². The summed E-state index contributed by atoms with van der Waals surface area (Å²) in [5.41, 5.74) is 3.29. The molecule has 2 heteroatoms. The highest BCUT2D eigenvalue weighted by Gasteiger charge is 2.19. The maximum Gasteiger partial charge on any atom is 0.104 e. The molecule has 1 fully saturated rings. The first-order chi connectivity index (χ1) is 9.24. The molecule has 0 aromatic heterocycles. The minimum absolute atomic E-state index is 0.548. The molecule has 0 radical (unpaired) electrons. The van der Waals surface area contributed by atoms with Gasteiger partial charge >= 0.3 is 0 Å². The second kappa shape index (κ2) is 5.48. The first-order valence-corrected chi connectivity index (χ1v) is 7.57. The lowest BCUT2D eigenvalue weighted by Gasteiger charge is -2.26. The van der Waals surface area contributed by atoms with Crippen LogP contribution < -0.4 is 0 Å². The van der Waals surface area contributed by atoms with Gasteiger partial charge in [-0.25, -0.2) is 0 Å². The van der Waals surface area contributed by atoms with Gasteiger partial charge in [-0.2, -0.15) is 0 Å². The Morgan fingerprint density at radius 2 is 1.74 bits per heavy atom. The van der Waals surface area contributed by atoms with Crippen molar-refractivity contribution in [3.8, 4) is 0 Å². The van der Waals surface area contributed by atoms with Gasteiger partial charge in [0.2, 0.25) is 0 Å². The molecule has 0 aliphatic heterocycles. The Kier molecular flexibility index (Phi) is 3.72. The monoisotopic (exact) mass is 316 g/mol. The summed E-state index contributed by atoms with van der Waals surface area (Å²) in [7, 11) is 0. The van der Waals surface area contributed by atoms with Crippen LogP contribution in [-0.2, 0) is 0 Å². The highest BCUT2D eigenvalue weighted by atomic mass is 79.9. The van der Waals surface area contributed by atoms with E-state index in [1.165, 1.54) is 24.8 Å². The molecule has 0 saturated heterocycles. The van der Waals surface area contributed by atoms with Crippen molar-refractivity contribution in [3.63, 3.8) is 0 Å². The van der Waals surface area contributed by atoms with Crippen LogP contribution in [0.5, 0.6) is 0 Å². The van der Waals surface area contributed by atoms with E-state index in [1.54, 1.807) is 0 Å². The van der Waals surface area contributed by atoms with Crippen LogP contribution in [0.25, 0.3) is 0 Å². The second-order valence-corrected chi connectivity index (χ2v) is 6.17. The van der Waals surface area contributed by atoms with E-state index in [2.05, 4.69) is 40.2 Å². The summed E-state index contributed by atoms with van der Waals surface area (Å²) < 4.78 is 0.995. The zero-order valence-corrected chi connectivity index (χ0v) is 12.3. The lowest BCUT2D eigenvalue weighted by Crippen LogP contribution is -2.09. The number of aliphatic hydroxyl groups excluding tert-OH is 1. The van der Waals surface area contributed by atoms with E-state index in [4.69, 9.17) is 0 Å². The van der Waals surface area contributed by atoms with Gasteiger partial charge in [0, 0.05) is 4.47 Å². The lowest BCUT2D eigenvalue weighted by molar-refractivity contribution is 0.220. The Morgan fingerprint density at radius 1 is 1.00 bits per heavy atom. The van der Waals surface area contributed by atoms with Gasteiger partial charge in [-0.1, -0.05) is 58.7 Å². The molecule has 98 valence electrons. The van der Waals surface area contributed by atoms with E-state index >= 15 is 0 Å². The average molecular weight is 317 g/mol. The van der Waals surface area contributed by atoms with Gasteiger partial charge in [0.25, 0.3) is 0 Å². The molecule has 1 aliphatic carbocycles. The maximum atomic E-state index is 10.4. The summed E-state index contributed by atoms with van der Waals surface area (Å²) in [6.45, 7) is 0. The van der Waals surface area contributed by atoms with Crippen LogP contribution in [0, 0.1) is 0 Å². The molecule has 1 nitrogen and oxygen atoms in total. The Balaban J connectivity index is 1.81. The van der Waals surface area contributed by atoms with Gasteiger partial charge in [0.1, 0.15) is 6.10 Å². The third-order valence-corrected chi connectivity index (χ3v) is 4.49. The number of halogens is 1. The molecule has 19 heavy (non-hydrogen) atoms. The molecule has 1 saturated carbocycles. The summed E-state index contributed by atoms with van der Waals surface area (Å²) in [4.78, 5) is 0. The lowest BCUT2D eigenvalue weighted by atomic mass is 9.80. The van der Waals surface area contributed by atoms with Crippen molar-refractivity contribution in [2.24, 2.45) is 0 Å². The molecule has 0 heterocycles. The van der Waals surface area contributed by atoms with E-state index in [0.29, 0.717) is 0 Å². The van der Waals surface area contributed by atoms with E-state index in [9.17, 15) is 5.11 Å². The van der Waals surface area contributed by atoms with Crippen molar-refractivity contribution in [3.05, 3.63) is 69.7 Å². The number of rotatable bonds is 3. The van der Waals surface area contributed by atoms with Gasteiger partial charge < -0.3 is 5.11 Å². The fourth-order valence-corrected chi connectivity index (χ4v) is 2.98. The van der Waals surface area contributed by atoms with Crippen molar-refractivity contribution in [2.45, 2.75) is 31.3 Å². The van der Waals surface area contributed by atoms with Gasteiger partial charge in [-0.3, -0.25) is 0 Å². The van der Waals surface area contributed by atoms with Gasteiger partial charge in [0.05, 0.1) is 0 Å². The van der Waals surface area contributed by atoms with Crippen LogP contribution in [0.1, 0.15) is 48.0 Å². The van der Waals surface area contributed by atoms with Crippen LogP contribution in [0.15, 0.2) is 53.0 Å². The molecule has 3 rings (SSSR count). The topological polar surface area (TPSA) is 20.2 Å². The molecule has 0 amide bonds. The standard InChI is InChI=1S/C17H17BrO/c18-16-6-2-5-15(11-16)17(19)14-9-7-13(8-10-14)12-3-1-4-12/h2,5-12,17,19H,1,3-4H2. The summed E-state index contributed by atoms with van der Waals surface area (Å²) in [5.74, 6) is 0.747. The zero-order valence-electron chi connectivity index (χ0n) is 10.7. The Bertz CT molecular complexity index is 558. The summed E-state index contributed by atoms with van der Waals surface area (Å²) >= 11 is 3.44. The Hall–Kier alpha value is -1.12. The third kappa shape index (κ3) is 2.75. The van der Waals surface area contributed by atoms with Crippen molar-refractivity contribution >= 4 is 15.9 Å². The highest BCUT2D eigenvalue weighted by molar-refractivity contribution is 9.10. The summed E-state index contributed by atoms with van der Waals surface area (Å²) in [5, 5.41) is 10.4. The summed E-state index contributed by atoms with van der Waals surface area (Å²) in [6.07, 6.45) is 3.43. The Morgan fingerprint density at radius 3 is 2.32 bits per heavy atom. The van der Waals surface area contributed by atoms with Gasteiger partial charge in [-0.05, 0) is 47.6 Å². The van der Waals surface area contributed by atoms with Crippen LogP contribution in [0.2, 0.25) is 0 Å². The predicted octanol–water partition coefficient (Wildman–Crippen LogP) is 4.80. The third-order valence-electron chi connectivity index (χ3n) is 3.99. The van der Waals surface area contributed by atoms with Crippen LogP contribution >= 0.6 is 15.9 Å². The number of aliphatic hydroxyl groups is 1. The molecule has 1 atom stereocenters. The molecule has 1 unspecified atom stereocenters. The first kappa shape index (κ1) is 12.9. The molecule has 0 spiro atoms. The Labute approximate surface area is 122 Å². The minimum atomic E-state index is -0.548. The van der Waals surface area contributed by atoms with Gasteiger partial charge in [-0.15, -0.1) is 0 Å². The number of hydrogen-bond donors (Lipinski definition) is 1. The number of benzene rings is 2. The van der Waals surface area contributed by atoms with E-state index in [1.807, 2.05) is 24.3 Å². The van der Waals surface area contributed by atoms with Crippen LogP contribution in [0.3, 0.4) is 0 Å². The fourth-order valence-electron chi connectivity index (χ4n) is 2.56. The zero-order chi connectivity index (χ0) is 13.2. The van der Waals surface area contributed by atoms with E-state index in [0.717, 1.165) is 21.5 Å². The first-order valence-electron chi connectivity index (χ1n) is 6.77. The molecule has 1 N–H and O–H groups in total. The molecule has 1 aliphatic rings. The smallest absolute Gasteiger partial charge is 0.104 e. The molecule has 2 aromatic rings. The molecular weight excluding hydrogens is 300 g/mol. The van der Waals surface area contributed by atoms with Crippen molar-refractivity contribution in [1.82, 2.24) is 0 Å². The van der Waals surface area contributed by atoms with Crippen molar-refractivity contribution < 1.29 is 5.11 Å². The average Bonchev–Trinajstić information content (AvgIpc) is 2.37. The normalized spacial score (nSPS) is 16.9. The largest absolute Gasteiger partial charge is 0.384 e. The van der Waals surface area contributed by atoms with Crippen molar-refractivity contribution in [2.75, 3.05) is 0 Å². The number of hydrogen-bond acceptors (Lipinski definition) is 1. The quantitative estimate of drug-likeness (QED) is 0.862. The van der Waals surface area contributed by atoms with E-state index < -0.39 is 6.10 Å². The summed E-state index contributed by atoms with van der Waals surface area (Å²) in [6, 6.07) is 16.3. The molecule has 0 bridgehead atoms. The maximum absolute atomic E-state index is 10.4. The second-order valence-electron chi connectivity index (χ2n) is 5.25. The van der Waals surface area contributed by atoms with Crippen LogP contribution in [-0.4, -0.2) is 5.11 Å². The fraction of sp³-hybridized carbons (Fsp3) is 0.294. The molecule has 2 aromatic carbocycles. The minimum Gasteiger partial charge on any atom is -0.384 e. The SMILES string of the molecule is OC(c1ccc(C2CCC2)cc1)c1cccc(Br)c1. The van der Waals surface area contributed by atoms with Crippen molar-refractivity contribution in [1.29, 1.82) is 0 Å². The van der Waals surface area contributed by atoms with Crippen LogP contribution in [0.4, 0.5) is 0 Å². The highest BCUT2D eigenvalue weighted by Crippen LogP contribution is 2.36. The molecular formula is C17H17BrO. The predicted molar refractivity (Wildman–Crippen MR) is 81.2 cm³/mol.